The summed E-state index contributed by atoms with van der Waals surface area (Å²) in [5, 5.41) is 0. The molecule has 0 aliphatic rings. The molecule has 0 bridgehead atoms. The minimum atomic E-state index is -0.358. The summed E-state index contributed by atoms with van der Waals surface area (Å²) in [7, 11) is 1.52. The number of methoxy groups -OCH3 is 1. The Morgan fingerprint density at radius 2 is 2.50 bits per heavy atom. The molecule has 2 N–H and O–H groups in total. The summed E-state index contributed by atoms with van der Waals surface area (Å²) in [5.74, 6) is 0.136. The van der Waals surface area contributed by atoms with Crippen LogP contribution in [-0.4, -0.2) is 18.0 Å². The zero-order valence-corrected chi connectivity index (χ0v) is 6.78. The van der Waals surface area contributed by atoms with Crippen LogP contribution in [0.25, 0.3) is 0 Å². The second-order valence-electron chi connectivity index (χ2n) is 2.35. The lowest BCUT2D eigenvalue weighted by Gasteiger charge is -2.00. The van der Waals surface area contributed by atoms with Crippen LogP contribution in [0.15, 0.2) is 18.3 Å². The van der Waals surface area contributed by atoms with Gasteiger partial charge in [0, 0.05) is 12.3 Å². The topological polar surface area (TPSA) is 65.2 Å². The van der Waals surface area contributed by atoms with Crippen LogP contribution in [0.1, 0.15) is 5.56 Å². The van der Waals surface area contributed by atoms with E-state index in [1.54, 1.807) is 18.3 Å². The first-order valence-electron chi connectivity index (χ1n) is 3.49. The summed E-state index contributed by atoms with van der Waals surface area (Å²) in [6.07, 6.45) is 1.80. The first kappa shape index (κ1) is 8.52. The van der Waals surface area contributed by atoms with Crippen LogP contribution in [0.3, 0.4) is 0 Å². The van der Waals surface area contributed by atoms with E-state index >= 15 is 0 Å². The standard InChI is InChI=1S/C8H10N2O2/c1-12-8-5-6(2-3-10-8)4-7(9)11/h2-3,5H,4H2,1H3,(H2,9,11). The molecule has 12 heavy (non-hydrogen) atoms. The van der Waals surface area contributed by atoms with E-state index in [4.69, 9.17) is 10.5 Å². The zero-order chi connectivity index (χ0) is 8.97. The highest BCUT2D eigenvalue weighted by Gasteiger charge is 1.99. The van der Waals surface area contributed by atoms with E-state index in [1.165, 1.54) is 7.11 Å². The van der Waals surface area contributed by atoms with Crippen molar-refractivity contribution in [1.82, 2.24) is 4.98 Å². The minimum Gasteiger partial charge on any atom is -0.481 e. The van der Waals surface area contributed by atoms with Gasteiger partial charge in [-0.25, -0.2) is 4.98 Å². The van der Waals surface area contributed by atoms with Crippen molar-refractivity contribution >= 4 is 5.91 Å². The maximum atomic E-state index is 10.5. The van der Waals surface area contributed by atoms with Crippen molar-refractivity contribution in [2.75, 3.05) is 7.11 Å². The summed E-state index contributed by atoms with van der Waals surface area (Å²) >= 11 is 0. The van der Waals surface area contributed by atoms with E-state index in [2.05, 4.69) is 4.98 Å². The second kappa shape index (κ2) is 3.71. The van der Waals surface area contributed by atoms with Crippen LogP contribution in [0.5, 0.6) is 5.88 Å². The van der Waals surface area contributed by atoms with Crippen LogP contribution >= 0.6 is 0 Å². The van der Waals surface area contributed by atoms with Gasteiger partial charge in [-0.2, -0.15) is 0 Å². The molecule has 64 valence electrons. The molecule has 0 aromatic carbocycles. The van der Waals surface area contributed by atoms with Crippen molar-refractivity contribution in [3.63, 3.8) is 0 Å². The number of nitrogens with two attached hydrogens (primary N) is 1. The third-order valence-corrected chi connectivity index (χ3v) is 1.39. The number of amides is 1. The molecule has 0 atom stereocenters. The average Bonchev–Trinajstić information content (AvgIpc) is 2.03. The van der Waals surface area contributed by atoms with Gasteiger partial charge in [0.2, 0.25) is 11.8 Å². The maximum Gasteiger partial charge on any atom is 0.221 e. The third-order valence-electron chi connectivity index (χ3n) is 1.39. The molecular formula is C8H10N2O2. The van der Waals surface area contributed by atoms with E-state index in [0.29, 0.717) is 5.88 Å². The van der Waals surface area contributed by atoms with Crippen molar-refractivity contribution in [2.24, 2.45) is 5.73 Å². The first-order valence-corrected chi connectivity index (χ1v) is 3.49. The largest absolute Gasteiger partial charge is 0.481 e. The van der Waals surface area contributed by atoms with E-state index in [-0.39, 0.29) is 12.3 Å². The lowest BCUT2D eigenvalue weighted by Crippen LogP contribution is -2.13. The van der Waals surface area contributed by atoms with E-state index in [1.807, 2.05) is 0 Å². The van der Waals surface area contributed by atoms with Gasteiger partial charge in [-0.3, -0.25) is 4.79 Å². The molecule has 0 fully saturated rings. The predicted octanol–water partition coefficient (Wildman–Crippen LogP) is 0.118. The summed E-state index contributed by atoms with van der Waals surface area (Å²) < 4.78 is 4.87. The van der Waals surface area contributed by atoms with Crippen molar-refractivity contribution in [1.29, 1.82) is 0 Å². The molecular weight excluding hydrogens is 156 g/mol. The van der Waals surface area contributed by atoms with Gasteiger partial charge in [0.05, 0.1) is 13.5 Å². The highest BCUT2D eigenvalue weighted by Crippen LogP contribution is 2.08. The predicted molar refractivity (Wildman–Crippen MR) is 43.7 cm³/mol. The Morgan fingerprint density at radius 3 is 3.08 bits per heavy atom. The lowest BCUT2D eigenvalue weighted by atomic mass is 10.2. The van der Waals surface area contributed by atoms with Gasteiger partial charge < -0.3 is 10.5 Å². The van der Waals surface area contributed by atoms with Crippen molar-refractivity contribution < 1.29 is 9.53 Å². The normalized spacial score (nSPS) is 9.42. The fraction of sp³-hybridized carbons (Fsp3) is 0.250. The molecule has 1 amide bonds. The van der Waals surface area contributed by atoms with Crippen molar-refractivity contribution in [3.05, 3.63) is 23.9 Å². The molecule has 0 saturated heterocycles. The van der Waals surface area contributed by atoms with Crippen LogP contribution in [0, 0.1) is 0 Å². The van der Waals surface area contributed by atoms with Crippen molar-refractivity contribution in [3.8, 4) is 5.88 Å². The molecule has 4 nitrogen and oxygen atoms in total. The number of pyridine rings is 1. The highest BCUT2D eigenvalue weighted by molar-refractivity contribution is 5.76. The van der Waals surface area contributed by atoms with Gasteiger partial charge in [-0.05, 0) is 11.6 Å². The molecule has 0 radical (unpaired) electrons. The maximum absolute atomic E-state index is 10.5. The molecule has 0 spiro atoms. The number of carbonyl (C=O) groups excluding carboxylic acids is 1. The molecule has 1 rings (SSSR count). The average molecular weight is 166 g/mol. The molecule has 0 unspecified atom stereocenters. The van der Waals surface area contributed by atoms with Crippen LogP contribution < -0.4 is 10.5 Å². The quantitative estimate of drug-likeness (QED) is 0.693. The number of aromatic nitrogens is 1. The number of carbonyl (C=O) groups is 1. The number of nitrogens with zero attached hydrogens (tertiary/aromatic N) is 1. The molecule has 4 heteroatoms. The Balaban J connectivity index is 2.79. The zero-order valence-electron chi connectivity index (χ0n) is 6.78. The van der Waals surface area contributed by atoms with Crippen LogP contribution in [0.4, 0.5) is 0 Å². The molecule has 0 saturated carbocycles. The minimum absolute atomic E-state index is 0.221. The van der Waals surface area contributed by atoms with E-state index in [9.17, 15) is 4.79 Å². The second-order valence-corrected chi connectivity index (χ2v) is 2.35. The molecule has 1 heterocycles. The Morgan fingerprint density at radius 1 is 1.75 bits per heavy atom. The summed E-state index contributed by atoms with van der Waals surface area (Å²) in [4.78, 5) is 14.4. The SMILES string of the molecule is COc1cc(CC(N)=O)ccn1. The Labute approximate surface area is 70.4 Å². The summed E-state index contributed by atoms with van der Waals surface area (Å²) in [6, 6.07) is 3.41. The van der Waals surface area contributed by atoms with Gasteiger partial charge in [0.1, 0.15) is 0 Å². The fourth-order valence-corrected chi connectivity index (χ4v) is 0.873. The lowest BCUT2D eigenvalue weighted by molar-refractivity contribution is -0.117. The molecule has 1 aromatic rings. The summed E-state index contributed by atoms with van der Waals surface area (Å²) in [6.45, 7) is 0. The van der Waals surface area contributed by atoms with Crippen molar-refractivity contribution in [2.45, 2.75) is 6.42 Å². The number of hydrogen-bond acceptors (Lipinski definition) is 3. The van der Waals surface area contributed by atoms with Gasteiger partial charge in [0.15, 0.2) is 0 Å². The smallest absolute Gasteiger partial charge is 0.221 e. The number of ether oxygens (including phenoxy) is 1. The van der Waals surface area contributed by atoms with E-state index < -0.39 is 0 Å². The van der Waals surface area contributed by atoms with E-state index in [0.717, 1.165) is 5.56 Å². The van der Waals surface area contributed by atoms with Crippen LogP contribution in [-0.2, 0) is 11.2 Å². The number of rotatable bonds is 3. The monoisotopic (exact) mass is 166 g/mol. The first-order chi connectivity index (χ1) is 5.72. The van der Waals surface area contributed by atoms with Gasteiger partial charge in [-0.1, -0.05) is 0 Å². The highest BCUT2D eigenvalue weighted by atomic mass is 16.5. The van der Waals surface area contributed by atoms with Crippen LogP contribution in [0.2, 0.25) is 0 Å². The van der Waals surface area contributed by atoms with Gasteiger partial charge in [0.25, 0.3) is 0 Å². The molecule has 0 aliphatic carbocycles. The Hall–Kier alpha value is -1.58. The fourth-order valence-electron chi connectivity index (χ4n) is 0.873. The van der Waals surface area contributed by atoms with Gasteiger partial charge in [-0.15, -0.1) is 0 Å². The molecule has 0 aliphatic heterocycles. The Kier molecular flexibility index (Phi) is 2.63. The van der Waals surface area contributed by atoms with Gasteiger partial charge >= 0.3 is 0 Å². The summed E-state index contributed by atoms with van der Waals surface area (Å²) in [5.41, 5.74) is 5.83. The Bertz CT molecular complexity index is 286. The molecule has 1 aromatic heterocycles. The number of primary amides is 1. The third kappa shape index (κ3) is 2.23. The number of hydrogen-bond donors (Lipinski definition) is 1.